The van der Waals surface area contributed by atoms with Crippen molar-refractivity contribution in [3.63, 3.8) is 0 Å². The first-order valence-electron chi connectivity index (χ1n) is 5.59. The van der Waals surface area contributed by atoms with Gasteiger partial charge in [-0.3, -0.25) is 10.3 Å². The van der Waals surface area contributed by atoms with Gasteiger partial charge in [-0.05, 0) is 6.92 Å². The molecular formula is C11H15ClN6S. The normalized spacial score (nSPS) is 10.9. The van der Waals surface area contributed by atoms with Crippen LogP contribution < -0.4 is 10.6 Å². The van der Waals surface area contributed by atoms with Crippen molar-refractivity contribution >= 4 is 29.3 Å². The van der Waals surface area contributed by atoms with E-state index >= 15 is 0 Å². The fraction of sp³-hybridized carbons (Fsp3) is 0.455. The Morgan fingerprint density at radius 2 is 2.42 bits per heavy atom. The number of halogens is 1. The van der Waals surface area contributed by atoms with Gasteiger partial charge in [-0.15, -0.1) is 0 Å². The average Bonchev–Trinajstić information content (AvgIpc) is 2.39. The maximum absolute atomic E-state index is 8.46. The highest BCUT2D eigenvalue weighted by Crippen LogP contribution is 2.18. The zero-order valence-electron chi connectivity index (χ0n) is 10.8. The summed E-state index contributed by atoms with van der Waals surface area (Å²) in [7, 11) is 1.61. The van der Waals surface area contributed by atoms with Gasteiger partial charge in [0.25, 0.3) is 0 Å². The van der Waals surface area contributed by atoms with Crippen LogP contribution >= 0.6 is 23.4 Å². The molecule has 0 unspecified atom stereocenters. The number of hydrogen-bond donors (Lipinski definition) is 2. The molecule has 0 spiro atoms. The summed E-state index contributed by atoms with van der Waals surface area (Å²) in [5.74, 6) is 2.76. The molecule has 19 heavy (non-hydrogen) atoms. The van der Waals surface area contributed by atoms with Gasteiger partial charge in [-0.2, -0.15) is 17.0 Å². The van der Waals surface area contributed by atoms with Gasteiger partial charge in [0.1, 0.15) is 11.0 Å². The summed E-state index contributed by atoms with van der Waals surface area (Å²) < 4.78 is 0. The molecule has 1 aromatic heterocycles. The third-order valence-electron chi connectivity index (χ3n) is 2.13. The van der Waals surface area contributed by atoms with Crippen molar-refractivity contribution in [2.45, 2.75) is 12.7 Å². The van der Waals surface area contributed by atoms with Crippen molar-refractivity contribution in [2.24, 2.45) is 4.99 Å². The van der Waals surface area contributed by atoms with Gasteiger partial charge < -0.3 is 5.32 Å². The summed E-state index contributed by atoms with van der Waals surface area (Å²) in [6.07, 6.45) is 3.57. The van der Waals surface area contributed by atoms with E-state index in [-0.39, 0.29) is 0 Å². The SMILES string of the molecule is CN=C(NC#N)NCCSCc1cnc(C)nc1Cl. The minimum Gasteiger partial charge on any atom is -0.355 e. The number of thioether (sulfide) groups is 1. The zero-order valence-corrected chi connectivity index (χ0v) is 12.3. The minimum absolute atomic E-state index is 0.472. The second-order valence-electron chi connectivity index (χ2n) is 3.52. The van der Waals surface area contributed by atoms with Gasteiger partial charge in [-0.25, -0.2) is 9.97 Å². The van der Waals surface area contributed by atoms with E-state index in [2.05, 4.69) is 25.6 Å². The Hall–Kier alpha value is -1.52. The number of hydrogen-bond acceptors (Lipinski definition) is 5. The van der Waals surface area contributed by atoms with Crippen LogP contribution in [0.15, 0.2) is 11.2 Å². The number of aryl methyl sites for hydroxylation is 1. The minimum atomic E-state index is 0.472. The highest BCUT2D eigenvalue weighted by molar-refractivity contribution is 7.98. The summed E-state index contributed by atoms with van der Waals surface area (Å²) in [6.45, 7) is 2.51. The molecule has 0 aromatic carbocycles. The Labute approximate surface area is 121 Å². The molecule has 1 aromatic rings. The van der Waals surface area contributed by atoms with Crippen LogP contribution in [0.2, 0.25) is 5.15 Å². The molecule has 1 rings (SSSR count). The van der Waals surface area contributed by atoms with Crippen molar-refractivity contribution in [1.82, 2.24) is 20.6 Å². The molecule has 0 bridgehead atoms. The molecule has 0 aliphatic heterocycles. The van der Waals surface area contributed by atoms with Gasteiger partial charge in [0.15, 0.2) is 6.19 Å². The third-order valence-corrected chi connectivity index (χ3v) is 3.46. The molecule has 0 aliphatic carbocycles. The van der Waals surface area contributed by atoms with E-state index in [0.717, 1.165) is 17.1 Å². The molecular weight excluding hydrogens is 284 g/mol. The number of nitriles is 1. The van der Waals surface area contributed by atoms with E-state index in [9.17, 15) is 0 Å². The van der Waals surface area contributed by atoms with Crippen molar-refractivity contribution in [1.29, 1.82) is 5.26 Å². The predicted molar refractivity (Wildman–Crippen MR) is 78.1 cm³/mol. The van der Waals surface area contributed by atoms with E-state index in [1.165, 1.54) is 0 Å². The van der Waals surface area contributed by atoms with Gasteiger partial charge in [0.05, 0.1) is 0 Å². The van der Waals surface area contributed by atoms with Crippen molar-refractivity contribution in [3.8, 4) is 6.19 Å². The standard InChI is InChI=1S/C11H15ClN6S/c1-8-16-5-9(10(12)18-8)6-19-4-3-15-11(14-2)17-7-13/h5H,3-4,6H2,1-2H3,(H2,14,15,17). The van der Waals surface area contributed by atoms with Crippen LogP contribution in [0.3, 0.4) is 0 Å². The molecule has 0 saturated heterocycles. The maximum Gasteiger partial charge on any atom is 0.204 e. The number of guanidine groups is 1. The van der Waals surface area contributed by atoms with Crippen LogP contribution in [0.25, 0.3) is 0 Å². The summed E-state index contributed by atoms with van der Waals surface area (Å²) >= 11 is 7.72. The van der Waals surface area contributed by atoms with Crippen molar-refractivity contribution in [3.05, 3.63) is 22.7 Å². The van der Waals surface area contributed by atoms with E-state index < -0.39 is 0 Å². The Balaban J connectivity index is 2.26. The molecule has 0 amide bonds. The lowest BCUT2D eigenvalue weighted by Gasteiger charge is -2.07. The van der Waals surface area contributed by atoms with E-state index in [1.807, 2.05) is 6.19 Å². The average molecular weight is 299 g/mol. The lowest BCUT2D eigenvalue weighted by molar-refractivity contribution is 0.930. The molecule has 0 atom stereocenters. The zero-order chi connectivity index (χ0) is 14.1. The Kier molecular flexibility index (Phi) is 7.00. The number of nitrogens with one attached hydrogen (secondary N) is 2. The smallest absolute Gasteiger partial charge is 0.204 e. The highest BCUT2D eigenvalue weighted by atomic mass is 35.5. The summed E-state index contributed by atoms with van der Waals surface area (Å²) in [5, 5.41) is 14.4. The first-order valence-corrected chi connectivity index (χ1v) is 7.12. The fourth-order valence-electron chi connectivity index (χ4n) is 1.22. The van der Waals surface area contributed by atoms with E-state index in [4.69, 9.17) is 16.9 Å². The monoisotopic (exact) mass is 298 g/mol. The third kappa shape index (κ3) is 5.77. The predicted octanol–water partition coefficient (Wildman–Crippen LogP) is 1.32. The highest BCUT2D eigenvalue weighted by Gasteiger charge is 2.03. The first kappa shape index (κ1) is 15.5. The van der Waals surface area contributed by atoms with Crippen LogP contribution in [0.5, 0.6) is 0 Å². The number of rotatable bonds is 5. The Morgan fingerprint density at radius 3 is 3.05 bits per heavy atom. The van der Waals surface area contributed by atoms with E-state index in [0.29, 0.717) is 23.5 Å². The lowest BCUT2D eigenvalue weighted by atomic mass is 10.4. The van der Waals surface area contributed by atoms with Crippen LogP contribution in [0, 0.1) is 18.4 Å². The molecule has 6 nitrogen and oxygen atoms in total. The molecule has 8 heteroatoms. The summed E-state index contributed by atoms with van der Waals surface area (Å²) in [6, 6.07) is 0. The first-order chi connectivity index (χ1) is 9.17. The molecule has 1 heterocycles. The Morgan fingerprint density at radius 1 is 1.63 bits per heavy atom. The van der Waals surface area contributed by atoms with Gasteiger partial charge >= 0.3 is 0 Å². The summed E-state index contributed by atoms with van der Waals surface area (Å²) in [4.78, 5) is 12.1. The number of nitrogens with zero attached hydrogens (tertiary/aromatic N) is 4. The topological polar surface area (TPSA) is 86.0 Å². The Bertz CT molecular complexity index is 485. The second-order valence-corrected chi connectivity index (χ2v) is 4.98. The largest absolute Gasteiger partial charge is 0.355 e. The van der Waals surface area contributed by atoms with Crippen molar-refractivity contribution in [2.75, 3.05) is 19.3 Å². The fourth-order valence-corrected chi connectivity index (χ4v) is 2.36. The van der Waals surface area contributed by atoms with Crippen molar-refractivity contribution < 1.29 is 0 Å². The second kappa shape index (κ2) is 8.56. The van der Waals surface area contributed by atoms with E-state index in [1.54, 1.807) is 31.9 Å². The molecule has 102 valence electrons. The summed E-state index contributed by atoms with van der Waals surface area (Å²) in [5.41, 5.74) is 0.928. The van der Waals surface area contributed by atoms with Crippen LogP contribution in [-0.4, -0.2) is 35.3 Å². The van der Waals surface area contributed by atoms with Crippen LogP contribution in [0.4, 0.5) is 0 Å². The maximum atomic E-state index is 8.46. The molecule has 2 N–H and O–H groups in total. The van der Waals surface area contributed by atoms with Crippen LogP contribution in [-0.2, 0) is 5.75 Å². The molecule has 0 aliphatic rings. The number of aliphatic imine (C=N–C) groups is 1. The number of aromatic nitrogens is 2. The quantitative estimate of drug-likeness (QED) is 0.213. The molecule has 0 fully saturated rings. The van der Waals surface area contributed by atoms with Gasteiger partial charge in [0.2, 0.25) is 5.96 Å². The lowest BCUT2D eigenvalue weighted by Crippen LogP contribution is -2.35. The molecule has 0 radical (unpaired) electrons. The van der Waals surface area contributed by atoms with Gasteiger partial charge in [0, 0.05) is 36.9 Å². The molecule has 0 saturated carbocycles. The van der Waals surface area contributed by atoms with Gasteiger partial charge in [-0.1, -0.05) is 11.6 Å². The van der Waals surface area contributed by atoms with Crippen LogP contribution in [0.1, 0.15) is 11.4 Å².